The van der Waals surface area contributed by atoms with E-state index in [1.165, 1.54) is 24.3 Å². The zero-order valence-corrected chi connectivity index (χ0v) is 36.7. The highest BCUT2D eigenvalue weighted by Crippen LogP contribution is 2.43. The number of ether oxygens (including phenoxy) is 1. The second-order valence-electron chi connectivity index (χ2n) is 14.8. The van der Waals surface area contributed by atoms with Crippen LogP contribution in [0.15, 0.2) is 83.8 Å². The number of aromatic nitrogens is 4. The first-order chi connectivity index (χ1) is 30.4. The largest absolute Gasteiger partial charge is 0.493 e. The van der Waals surface area contributed by atoms with Crippen LogP contribution in [0.25, 0.3) is 22.5 Å². The van der Waals surface area contributed by atoms with E-state index in [0.717, 1.165) is 81.7 Å². The number of nitrogens with two attached hydrogens (primary N) is 2. The summed E-state index contributed by atoms with van der Waals surface area (Å²) in [6.07, 6.45) is -1.32. The molecule has 64 heavy (non-hydrogen) atoms. The number of carbonyl (C=O) groups excluding carboxylic acids is 2. The topological polar surface area (TPSA) is 157 Å². The van der Waals surface area contributed by atoms with E-state index in [2.05, 4.69) is 19.9 Å². The molecule has 0 saturated heterocycles. The minimum Gasteiger partial charge on any atom is -0.493 e. The summed E-state index contributed by atoms with van der Waals surface area (Å²) in [5.41, 5.74) is 13.0. The Morgan fingerprint density at radius 3 is 1.80 bits per heavy atom. The van der Waals surface area contributed by atoms with Crippen LogP contribution in [0.4, 0.5) is 63.3 Å². The third-order valence-electron chi connectivity index (χ3n) is 10.0. The van der Waals surface area contributed by atoms with Crippen LogP contribution < -0.4 is 30.9 Å². The van der Waals surface area contributed by atoms with Crippen molar-refractivity contribution in [2.75, 3.05) is 34.9 Å². The number of halogens is 6. The second kappa shape index (κ2) is 20.5. The van der Waals surface area contributed by atoms with Gasteiger partial charge in [0.2, 0.25) is 0 Å². The van der Waals surface area contributed by atoms with Gasteiger partial charge in [-0.05, 0) is 93.3 Å². The molecule has 0 fully saturated rings. The molecule has 4 N–H and O–H groups in total. The first kappa shape index (κ1) is 47.2. The van der Waals surface area contributed by atoms with Gasteiger partial charge in [0.1, 0.15) is 5.75 Å². The summed E-state index contributed by atoms with van der Waals surface area (Å²) in [6, 6.07) is 12.2. The number of alkyl halides is 6. The van der Waals surface area contributed by atoms with Gasteiger partial charge in [-0.25, -0.2) is 29.4 Å². The summed E-state index contributed by atoms with van der Waals surface area (Å²) in [4.78, 5) is 46.2. The van der Waals surface area contributed by atoms with E-state index in [0.29, 0.717) is 48.3 Å². The Hall–Kier alpha value is -6.28. The van der Waals surface area contributed by atoms with Crippen molar-refractivity contribution in [3.8, 4) is 28.3 Å². The highest BCUT2D eigenvalue weighted by atomic mass is 32.1. The molecule has 12 nitrogen and oxygen atoms in total. The van der Waals surface area contributed by atoms with E-state index in [4.69, 9.17) is 16.2 Å². The summed E-state index contributed by atoms with van der Waals surface area (Å²) in [5.74, 6) is -0.342. The quantitative estimate of drug-likeness (QED) is 0.0637. The van der Waals surface area contributed by atoms with Crippen molar-refractivity contribution in [1.29, 1.82) is 0 Å². The highest BCUT2D eigenvalue weighted by molar-refractivity contribution is 7.14. The molecule has 0 aliphatic carbocycles. The highest BCUT2D eigenvalue weighted by Gasteiger charge is 2.37. The number of primary amides is 2. The maximum Gasteiger partial charge on any atom is 0.420 e. The summed E-state index contributed by atoms with van der Waals surface area (Å²) >= 11 is 2.10. The third-order valence-corrected chi connectivity index (χ3v) is 11.7. The number of hydrogen-bond donors (Lipinski definition) is 2. The van der Waals surface area contributed by atoms with Gasteiger partial charge in [-0.15, -0.1) is 22.7 Å². The number of aryl methyl sites for hydroxylation is 2. The fraction of sp³-hybridized carbons (Fsp3) is 0.318. The minimum absolute atomic E-state index is 0.0393. The SMILES string of the molecule is CCCCOc1ccc(N(C(N)=O)c2nc(-c3ccc(CCCCCCN(C)c4ccc(N(C(N)=O)c5nc(-c6ccc(C)nc6)cs5)cc4C(F)(F)F)nc3)cs2)cc1C(F)(F)F. The zero-order valence-electron chi connectivity index (χ0n) is 35.0. The van der Waals surface area contributed by atoms with Gasteiger partial charge < -0.3 is 21.1 Å². The molecule has 20 heteroatoms. The van der Waals surface area contributed by atoms with Crippen molar-refractivity contribution in [1.82, 2.24) is 19.9 Å². The predicted octanol–water partition coefficient (Wildman–Crippen LogP) is 11.9. The van der Waals surface area contributed by atoms with Gasteiger partial charge in [-0.1, -0.05) is 26.2 Å². The van der Waals surface area contributed by atoms with E-state index in [1.807, 2.05) is 26.0 Å². The molecule has 4 heterocycles. The predicted molar refractivity (Wildman–Crippen MR) is 238 cm³/mol. The number of nitrogens with zero attached hydrogens (tertiary/aromatic N) is 7. The van der Waals surface area contributed by atoms with Gasteiger partial charge in [0, 0.05) is 64.9 Å². The molecule has 4 amide bonds. The summed E-state index contributed by atoms with van der Waals surface area (Å²) < 4.78 is 90.7. The van der Waals surface area contributed by atoms with Gasteiger partial charge in [0.05, 0.1) is 40.5 Å². The van der Waals surface area contributed by atoms with Crippen molar-refractivity contribution in [2.24, 2.45) is 11.5 Å². The van der Waals surface area contributed by atoms with Crippen molar-refractivity contribution in [2.45, 2.75) is 71.1 Å². The fourth-order valence-electron chi connectivity index (χ4n) is 6.69. The van der Waals surface area contributed by atoms with E-state index < -0.39 is 35.5 Å². The number of thiazole rings is 2. The number of rotatable bonds is 18. The Balaban J connectivity index is 1.02. The fourth-order valence-corrected chi connectivity index (χ4v) is 8.40. The maximum atomic E-state index is 14.5. The van der Waals surface area contributed by atoms with Crippen molar-refractivity contribution < 1.29 is 40.7 Å². The summed E-state index contributed by atoms with van der Waals surface area (Å²) in [5, 5.41) is 3.52. The number of pyridine rings is 2. The molecule has 338 valence electrons. The van der Waals surface area contributed by atoms with Crippen molar-refractivity contribution in [3.63, 3.8) is 0 Å². The number of hydrogen-bond acceptors (Lipinski definition) is 10. The Morgan fingerprint density at radius 2 is 1.27 bits per heavy atom. The van der Waals surface area contributed by atoms with Crippen LogP contribution in [0, 0.1) is 6.92 Å². The number of carbonyl (C=O) groups is 2. The second-order valence-corrected chi connectivity index (χ2v) is 16.4. The molecule has 6 rings (SSSR count). The lowest BCUT2D eigenvalue weighted by molar-refractivity contribution is -0.139. The number of amides is 4. The smallest absolute Gasteiger partial charge is 0.420 e. The Bertz CT molecular complexity index is 2530. The summed E-state index contributed by atoms with van der Waals surface area (Å²) in [7, 11) is 1.59. The molecule has 0 saturated carbocycles. The van der Waals surface area contributed by atoms with Gasteiger partial charge in [-0.3, -0.25) is 9.97 Å². The molecule has 0 unspecified atom stereocenters. The average Bonchev–Trinajstić information content (AvgIpc) is 3.93. The Morgan fingerprint density at radius 1 is 0.703 bits per heavy atom. The van der Waals surface area contributed by atoms with E-state index in [-0.39, 0.29) is 39.7 Å². The standard InChI is InChI=1S/C44H45F6N9O3S2/c1-4-5-20-62-38-18-16-32(22-34(38)44(48,49)50)59(40(52)61)42-56-36(26-64-42)29-13-14-30(54-24-29)10-8-6-7-9-19-57(3)37-17-15-31(21-33(37)43(45,46)47)58(39(51)60)41-55-35(25-63-41)28-12-11-27(2)53-23-28/h11-18,21-26H,4-10,19-20H2,1-3H3,(H2,51,60)(H2,52,61). The first-order valence-electron chi connectivity index (χ1n) is 20.2. The lowest BCUT2D eigenvalue weighted by Crippen LogP contribution is -2.32. The molecule has 2 aromatic carbocycles. The first-order valence-corrected chi connectivity index (χ1v) is 22.0. The van der Waals surface area contributed by atoms with Crippen LogP contribution in [0.5, 0.6) is 5.75 Å². The molecule has 0 radical (unpaired) electrons. The monoisotopic (exact) mass is 925 g/mol. The molecule has 4 aromatic heterocycles. The number of urea groups is 2. The normalized spacial score (nSPS) is 11.7. The van der Waals surface area contributed by atoms with Gasteiger partial charge in [-0.2, -0.15) is 26.3 Å². The molecule has 0 aliphatic rings. The summed E-state index contributed by atoms with van der Waals surface area (Å²) in [6.45, 7) is 4.19. The third kappa shape index (κ3) is 11.6. The van der Waals surface area contributed by atoms with Gasteiger partial charge in [0.25, 0.3) is 0 Å². The van der Waals surface area contributed by atoms with Crippen LogP contribution in [0.3, 0.4) is 0 Å². The Labute approximate surface area is 373 Å². The van der Waals surface area contributed by atoms with E-state index >= 15 is 0 Å². The van der Waals surface area contributed by atoms with Crippen LogP contribution in [0.2, 0.25) is 0 Å². The number of unbranched alkanes of at least 4 members (excludes halogenated alkanes) is 4. The molecular formula is C44H45F6N9O3S2. The Kier molecular flexibility index (Phi) is 15.1. The molecular weight excluding hydrogens is 881 g/mol. The van der Waals surface area contributed by atoms with Gasteiger partial charge >= 0.3 is 24.4 Å². The van der Waals surface area contributed by atoms with Gasteiger partial charge in [0.15, 0.2) is 10.3 Å². The van der Waals surface area contributed by atoms with Crippen LogP contribution in [-0.4, -0.2) is 52.2 Å². The average molecular weight is 926 g/mol. The van der Waals surface area contributed by atoms with Crippen LogP contribution >= 0.6 is 22.7 Å². The number of anilines is 5. The van der Waals surface area contributed by atoms with Crippen molar-refractivity contribution >= 4 is 62.1 Å². The molecule has 0 aliphatic heterocycles. The zero-order chi connectivity index (χ0) is 46.2. The molecule has 0 atom stereocenters. The molecule has 0 bridgehead atoms. The van der Waals surface area contributed by atoms with Crippen LogP contribution in [-0.2, 0) is 18.8 Å². The number of benzene rings is 2. The minimum atomic E-state index is -4.74. The van der Waals surface area contributed by atoms with Crippen LogP contribution in [0.1, 0.15) is 68.0 Å². The lowest BCUT2D eigenvalue weighted by Gasteiger charge is -2.26. The lowest BCUT2D eigenvalue weighted by atomic mass is 10.1. The van der Waals surface area contributed by atoms with E-state index in [9.17, 15) is 35.9 Å². The molecule has 6 aromatic rings. The maximum absolute atomic E-state index is 14.5. The van der Waals surface area contributed by atoms with Crippen molar-refractivity contribution in [3.05, 3.63) is 106 Å². The molecule has 0 spiro atoms. The van der Waals surface area contributed by atoms with E-state index in [1.54, 1.807) is 47.2 Å².